The normalized spacial score (nSPS) is 11.7. The molecule has 7 heteroatoms. The van der Waals surface area contributed by atoms with Crippen LogP contribution in [0.25, 0.3) is 0 Å². The lowest BCUT2D eigenvalue weighted by molar-refractivity contribution is -0.123. The molecule has 1 N–H and O–H groups in total. The van der Waals surface area contributed by atoms with Crippen LogP contribution in [0.1, 0.15) is 49.2 Å². The zero-order chi connectivity index (χ0) is 18.9. The van der Waals surface area contributed by atoms with Crippen LogP contribution in [-0.4, -0.2) is 29.7 Å². The number of nitrogens with zero attached hydrogens (tertiary/aromatic N) is 1. The van der Waals surface area contributed by atoms with E-state index < -0.39 is 18.0 Å². The van der Waals surface area contributed by atoms with Crippen LogP contribution >= 0.6 is 0 Å². The Labute approximate surface area is 152 Å². The quantitative estimate of drug-likeness (QED) is 0.541. The number of hydrogen-bond donors (Lipinski definition) is 1. The number of nitrogens with one attached hydrogen (secondary N) is 1. The molecule has 0 aliphatic heterocycles. The van der Waals surface area contributed by atoms with Crippen LogP contribution in [0.4, 0.5) is 5.88 Å². The number of hydrogen-bond acceptors (Lipinski definition) is 6. The smallest absolute Gasteiger partial charge is 0.338 e. The molecule has 0 bridgehead atoms. The summed E-state index contributed by atoms with van der Waals surface area (Å²) in [5.41, 5.74) is 0.989. The van der Waals surface area contributed by atoms with Gasteiger partial charge in [-0.25, -0.2) is 4.79 Å². The molecule has 1 amide bonds. The van der Waals surface area contributed by atoms with Gasteiger partial charge in [0.1, 0.15) is 5.75 Å². The van der Waals surface area contributed by atoms with E-state index in [1.165, 1.54) is 6.92 Å². The van der Waals surface area contributed by atoms with Crippen molar-refractivity contribution in [2.45, 2.75) is 46.1 Å². The van der Waals surface area contributed by atoms with Crippen LogP contribution in [0, 0.1) is 6.92 Å². The first kappa shape index (κ1) is 19.5. The maximum absolute atomic E-state index is 12.1. The lowest BCUT2D eigenvalue weighted by atomic mass is 10.2. The molecule has 0 aliphatic rings. The van der Waals surface area contributed by atoms with Crippen LogP contribution in [0.2, 0.25) is 0 Å². The zero-order valence-corrected chi connectivity index (χ0v) is 15.3. The van der Waals surface area contributed by atoms with E-state index in [9.17, 15) is 9.59 Å². The van der Waals surface area contributed by atoms with Crippen molar-refractivity contribution in [3.05, 3.63) is 41.6 Å². The summed E-state index contributed by atoms with van der Waals surface area (Å²) in [6, 6.07) is 8.23. The number of aryl methyl sites for hydroxylation is 1. The van der Waals surface area contributed by atoms with E-state index in [2.05, 4.69) is 17.4 Å². The second-order valence-corrected chi connectivity index (χ2v) is 5.95. The van der Waals surface area contributed by atoms with E-state index >= 15 is 0 Å². The predicted octanol–water partition coefficient (Wildman–Crippen LogP) is 3.74. The molecule has 0 saturated carbocycles. The van der Waals surface area contributed by atoms with Crippen LogP contribution in [0.5, 0.6) is 5.75 Å². The Balaban J connectivity index is 1.83. The Hall–Kier alpha value is -2.83. The Bertz CT molecular complexity index is 724. The van der Waals surface area contributed by atoms with Gasteiger partial charge in [-0.3, -0.25) is 10.1 Å². The average Bonchev–Trinajstić information content (AvgIpc) is 3.04. The standard InChI is InChI=1S/C19H24N2O5/c1-4-5-6-11-24-16-9-7-15(8-10-16)19(23)25-14(3)18(22)20-17-12-13(2)21-26-17/h7-10,12,14H,4-6,11H2,1-3H3,(H,20,22). The molecule has 0 fully saturated rings. The van der Waals surface area contributed by atoms with Crippen molar-refractivity contribution < 1.29 is 23.6 Å². The fourth-order valence-electron chi connectivity index (χ4n) is 2.16. The molecule has 1 atom stereocenters. The van der Waals surface area contributed by atoms with Crippen LogP contribution in [0.3, 0.4) is 0 Å². The van der Waals surface area contributed by atoms with E-state index in [0.29, 0.717) is 23.6 Å². The van der Waals surface area contributed by atoms with Gasteiger partial charge >= 0.3 is 5.97 Å². The molecular formula is C19H24N2O5. The third-order valence-corrected chi connectivity index (χ3v) is 3.63. The molecule has 1 heterocycles. The summed E-state index contributed by atoms with van der Waals surface area (Å²) in [6.45, 7) is 6.01. The lowest BCUT2D eigenvalue weighted by Gasteiger charge is -2.12. The monoisotopic (exact) mass is 360 g/mol. The summed E-state index contributed by atoms with van der Waals surface area (Å²) in [7, 11) is 0. The van der Waals surface area contributed by atoms with Gasteiger partial charge < -0.3 is 14.0 Å². The maximum Gasteiger partial charge on any atom is 0.338 e. The molecule has 0 spiro atoms. The molecule has 26 heavy (non-hydrogen) atoms. The Kier molecular flexibility index (Phi) is 7.20. The van der Waals surface area contributed by atoms with Crippen LogP contribution in [0.15, 0.2) is 34.9 Å². The molecule has 1 aromatic heterocycles. The van der Waals surface area contributed by atoms with E-state index in [0.717, 1.165) is 19.3 Å². The lowest BCUT2D eigenvalue weighted by Crippen LogP contribution is -2.29. The topological polar surface area (TPSA) is 90.7 Å². The van der Waals surface area contributed by atoms with Crippen molar-refractivity contribution in [2.24, 2.45) is 0 Å². The minimum Gasteiger partial charge on any atom is -0.494 e. The predicted molar refractivity (Wildman–Crippen MR) is 96.2 cm³/mol. The van der Waals surface area contributed by atoms with Gasteiger partial charge in [-0.2, -0.15) is 0 Å². The van der Waals surface area contributed by atoms with Crippen LogP contribution < -0.4 is 10.1 Å². The highest BCUT2D eigenvalue weighted by Gasteiger charge is 2.20. The number of unbranched alkanes of at least 4 members (excludes halogenated alkanes) is 2. The Morgan fingerprint density at radius 2 is 1.96 bits per heavy atom. The summed E-state index contributed by atoms with van der Waals surface area (Å²) in [6.07, 6.45) is 2.28. The molecule has 7 nitrogen and oxygen atoms in total. The SMILES string of the molecule is CCCCCOc1ccc(C(=O)OC(C)C(=O)Nc2cc(C)no2)cc1. The van der Waals surface area contributed by atoms with Crippen molar-refractivity contribution in [2.75, 3.05) is 11.9 Å². The maximum atomic E-state index is 12.1. The Morgan fingerprint density at radius 1 is 1.23 bits per heavy atom. The number of carbonyl (C=O) groups is 2. The van der Waals surface area contributed by atoms with Gasteiger partial charge in [0.25, 0.3) is 5.91 Å². The number of carbonyl (C=O) groups excluding carboxylic acids is 2. The van der Waals surface area contributed by atoms with E-state index in [1.54, 1.807) is 37.3 Å². The largest absolute Gasteiger partial charge is 0.494 e. The van der Waals surface area contributed by atoms with Gasteiger partial charge in [-0.1, -0.05) is 24.9 Å². The minimum absolute atomic E-state index is 0.208. The highest BCUT2D eigenvalue weighted by Crippen LogP contribution is 2.15. The number of rotatable bonds is 9. The molecule has 2 rings (SSSR count). The fourth-order valence-corrected chi connectivity index (χ4v) is 2.16. The Morgan fingerprint density at radius 3 is 2.58 bits per heavy atom. The summed E-state index contributed by atoms with van der Waals surface area (Å²) in [5.74, 6) is -0.173. The number of ether oxygens (including phenoxy) is 2. The van der Waals surface area contributed by atoms with E-state index in [-0.39, 0.29) is 5.88 Å². The first-order valence-corrected chi connectivity index (χ1v) is 8.67. The molecule has 1 aromatic carbocycles. The number of esters is 1. The van der Waals surface area contributed by atoms with Crippen molar-refractivity contribution in [3.8, 4) is 5.75 Å². The van der Waals surface area contributed by atoms with Crippen molar-refractivity contribution in [3.63, 3.8) is 0 Å². The summed E-state index contributed by atoms with van der Waals surface area (Å²) >= 11 is 0. The van der Waals surface area contributed by atoms with Crippen molar-refractivity contribution in [1.82, 2.24) is 5.16 Å². The van der Waals surface area contributed by atoms with Gasteiger partial charge in [-0.05, 0) is 44.5 Å². The number of benzene rings is 1. The van der Waals surface area contributed by atoms with Gasteiger partial charge in [0.2, 0.25) is 5.88 Å². The molecular weight excluding hydrogens is 336 g/mol. The van der Waals surface area contributed by atoms with Gasteiger partial charge in [-0.15, -0.1) is 0 Å². The number of amides is 1. The highest BCUT2D eigenvalue weighted by molar-refractivity contribution is 5.96. The number of aromatic nitrogens is 1. The van der Waals surface area contributed by atoms with Gasteiger partial charge in [0.15, 0.2) is 6.10 Å². The average molecular weight is 360 g/mol. The molecule has 0 radical (unpaired) electrons. The first-order valence-electron chi connectivity index (χ1n) is 8.67. The second kappa shape index (κ2) is 9.60. The van der Waals surface area contributed by atoms with Crippen LogP contribution in [-0.2, 0) is 9.53 Å². The van der Waals surface area contributed by atoms with E-state index in [1.807, 2.05) is 0 Å². The fraction of sp³-hybridized carbons (Fsp3) is 0.421. The summed E-state index contributed by atoms with van der Waals surface area (Å²) in [4.78, 5) is 24.2. The van der Waals surface area contributed by atoms with Crippen molar-refractivity contribution >= 4 is 17.8 Å². The minimum atomic E-state index is -0.974. The van der Waals surface area contributed by atoms with Crippen molar-refractivity contribution in [1.29, 1.82) is 0 Å². The molecule has 0 saturated heterocycles. The van der Waals surface area contributed by atoms with Gasteiger partial charge in [0.05, 0.1) is 17.9 Å². The highest BCUT2D eigenvalue weighted by atomic mass is 16.5. The molecule has 2 aromatic rings. The van der Waals surface area contributed by atoms with Gasteiger partial charge in [0, 0.05) is 6.07 Å². The third-order valence-electron chi connectivity index (χ3n) is 3.63. The molecule has 0 aliphatic carbocycles. The molecule has 1 unspecified atom stereocenters. The summed E-state index contributed by atoms with van der Waals surface area (Å²) in [5, 5.41) is 6.16. The van der Waals surface area contributed by atoms with E-state index in [4.69, 9.17) is 14.0 Å². The zero-order valence-electron chi connectivity index (χ0n) is 15.3. The first-order chi connectivity index (χ1) is 12.5. The number of anilines is 1. The third kappa shape index (κ3) is 5.91. The summed E-state index contributed by atoms with van der Waals surface area (Å²) < 4.78 is 15.7. The molecule has 140 valence electrons. The second-order valence-electron chi connectivity index (χ2n) is 5.95.